The van der Waals surface area contributed by atoms with Gasteiger partial charge in [0.25, 0.3) is 11.8 Å². The van der Waals surface area contributed by atoms with Crippen LogP contribution in [-0.2, 0) is 28.7 Å². The SMILES string of the molecule is CCC(C)(C)C(=O)C(=O)N1CCCCC1C(=S)OCCC(c1ccccc1)c1ccccc1.CCC(C)(C)C(=O)C(=O)N1CCCC[C@H]1C(=S)OCC(c1ccccc1)c1ccccc1. The maximum atomic E-state index is 13.1. The summed E-state index contributed by atoms with van der Waals surface area (Å²) in [6.45, 7) is 13.1. The molecule has 0 radical (unpaired) electrons. The quantitative estimate of drug-likeness (QED) is 0.0764. The number of hydrogen-bond donors (Lipinski definition) is 0. The Balaban J connectivity index is 0.000000244. The first-order valence-corrected chi connectivity index (χ1v) is 24.3. The van der Waals surface area contributed by atoms with Gasteiger partial charge in [-0.05, 0) is 104 Å². The topological polar surface area (TPSA) is 93.2 Å². The number of nitrogens with zero attached hydrogens (tertiary/aromatic N) is 2. The van der Waals surface area contributed by atoms with Crippen LogP contribution in [0.5, 0.6) is 0 Å². The molecule has 2 aliphatic heterocycles. The molecule has 8 nitrogen and oxygen atoms in total. The van der Waals surface area contributed by atoms with E-state index >= 15 is 0 Å². The number of thiocarbonyl (C=S) groups is 2. The number of carbonyl (C=O) groups excluding carboxylic acids is 4. The minimum atomic E-state index is -0.673. The molecule has 2 fully saturated rings. The normalized spacial score (nSPS) is 16.6. The summed E-state index contributed by atoms with van der Waals surface area (Å²) in [4.78, 5) is 55.0. The summed E-state index contributed by atoms with van der Waals surface area (Å²) in [6.07, 6.45) is 7.18. The van der Waals surface area contributed by atoms with Gasteiger partial charge in [-0.25, -0.2) is 0 Å². The van der Waals surface area contributed by atoms with Crippen molar-refractivity contribution in [2.45, 2.75) is 123 Å². The van der Waals surface area contributed by atoms with Crippen molar-refractivity contribution in [3.05, 3.63) is 144 Å². The molecule has 0 spiro atoms. The molecule has 0 aliphatic carbocycles. The fourth-order valence-corrected chi connectivity index (χ4v) is 8.93. The van der Waals surface area contributed by atoms with Crippen LogP contribution >= 0.6 is 24.4 Å². The van der Waals surface area contributed by atoms with Crippen molar-refractivity contribution in [1.29, 1.82) is 0 Å². The molecule has 65 heavy (non-hydrogen) atoms. The monoisotopic (exact) mass is 916 g/mol. The Morgan fingerprint density at radius 1 is 0.538 bits per heavy atom. The summed E-state index contributed by atoms with van der Waals surface area (Å²) in [5.74, 6) is -1.32. The zero-order valence-electron chi connectivity index (χ0n) is 39.2. The molecular weight excluding hydrogens is 849 g/mol. The third-order valence-electron chi connectivity index (χ3n) is 13.3. The number of amides is 2. The third kappa shape index (κ3) is 13.7. The first-order chi connectivity index (χ1) is 31.2. The average molecular weight is 917 g/mol. The lowest BCUT2D eigenvalue weighted by Crippen LogP contribution is -2.52. The first kappa shape index (κ1) is 50.9. The van der Waals surface area contributed by atoms with E-state index in [2.05, 4.69) is 72.8 Å². The number of Topliss-reactive ketones (excluding diaryl/α,β-unsaturated/α-hetero) is 2. The molecule has 346 valence electrons. The molecule has 2 atom stereocenters. The smallest absolute Gasteiger partial charge is 0.291 e. The van der Waals surface area contributed by atoms with Crippen LogP contribution in [0.4, 0.5) is 0 Å². The molecule has 0 aromatic heterocycles. The zero-order chi connectivity index (χ0) is 47.0. The maximum absolute atomic E-state index is 13.1. The predicted molar refractivity (Wildman–Crippen MR) is 268 cm³/mol. The number of hydrogen-bond acceptors (Lipinski definition) is 8. The Morgan fingerprint density at radius 2 is 0.877 bits per heavy atom. The van der Waals surface area contributed by atoms with Crippen molar-refractivity contribution in [1.82, 2.24) is 9.80 Å². The summed E-state index contributed by atoms with van der Waals surface area (Å²) in [7, 11) is 0. The molecule has 0 N–H and O–H groups in total. The first-order valence-electron chi connectivity index (χ1n) is 23.4. The van der Waals surface area contributed by atoms with Gasteiger partial charge in [-0.15, -0.1) is 0 Å². The molecule has 4 aromatic carbocycles. The largest absolute Gasteiger partial charge is 0.485 e. The van der Waals surface area contributed by atoms with Crippen molar-refractivity contribution in [3.63, 3.8) is 0 Å². The Bertz CT molecular complexity index is 2100. The Hall–Kier alpha value is -5.06. The van der Waals surface area contributed by atoms with Gasteiger partial charge < -0.3 is 19.3 Å². The van der Waals surface area contributed by atoms with Crippen LogP contribution in [-0.4, -0.2) is 81.7 Å². The summed E-state index contributed by atoms with van der Waals surface area (Å²) in [5.41, 5.74) is 3.43. The van der Waals surface area contributed by atoms with Crippen molar-refractivity contribution in [2.75, 3.05) is 26.3 Å². The van der Waals surface area contributed by atoms with Gasteiger partial charge in [-0.1, -0.05) is 163 Å². The fraction of sp³-hybridized carbons (Fsp3) is 0.455. The number of likely N-dealkylation sites (tertiary alicyclic amines) is 2. The molecule has 6 rings (SSSR count). The molecule has 0 bridgehead atoms. The summed E-state index contributed by atoms with van der Waals surface area (Å²) in [5, 5.41) is 0.821. The van der Waals surface area contributed by atoms with E-state index in [4.69, 9.17) is 33.9 Å². The Kier molecular flexibility index (Phi) is 19.2. The van der Waals surface area contributed by atoms with Gasteiger partial charge in [0.2, 0.25) is 11.6 Å². The van der Waals surface area contributed by atoms with Crippen LogP contribution in [0.2, 0.25) is 0 Å². The maximum Gasteiger partial charge on any atom is 0.291 e. The summed E-state index contributed by atoms with van der Waals surface area (Å²) in [6, 6.07) is 40.6. The minimum absolute atomic E-state index is 0.0312. The molecule has 4 aromatic rings. The van der Waals surface area contributed by atoms with E-state index in [1.165, 1.54) is 11.1 Å². The Morgan fingerprint density at radius 3 is 1.23 bits per heavy atom. The van der Waals surface area contributed by atoms with E-state index in [9.17, 15) is 19.2 Å². The highest BCUT2D eigenvalue weighted by Gasteiger charge is 2.41. The summed E-state index contributed by atoms with van der Waals surface area (Å²) < 4.78 is 12.2. The second kappa shape index (κ2) is 24.5. The lowest BCUT2D eigenvalue weighted by Gasteiger charge is -2.37. The number of carbonyl (C=O) groups is 4. The van der Waals surface area contributed by atoms with Gasteiger partial charge in [-0.3, -0.25) is 19.2 Å². The number of ether oxygens (including phenoxy) is 2. The number of piperidine rings is 2. The zero-order valence-corrected chi connectivity index (χ0v) is 40.8. The number of ketones is 2. The number of rotatable bonds is 17. The molecule has 2 aliphatic rings. The molecule has 2 heterocycles. The third-order valence-corrected chi connectivity index (χ3v) is 14.1. The highest BCUT2D eigenvalue weighted by Crippen LogP contribution is 2.31. The molecule has 10 heteroatoms. The van der Waals surface area contributed by atoms with Crippen LogP contribution in [0.25, 0.3) is 0 Å². The van der Waals surface area contributed by atoms with Crippen LogP contribution in [0.1, 0.15) is 133 Å². The molecule has 2 amide bonds. The van der Waals surface area contributed by atoms with Crippen molar-refractivity contribution < 1.29 is 28.7 Å². The second-order valence-corrected chi connectivity index (χ2v) is 19.3. The van der Waals surface area contributed by atoms with Gasteiger partial charge in [-0.2, -0.15) is 0 Å². The van der Waals surface area contributed by atoms with E-state index in [-0.39, 0.29) is 35.5 Å². The van der Waals surface area contributed by atoms with Crippen LogP contribution in [0, 0.1) is 10.8 Å². The minimum Gasteiger partial charge on any atom is -0.485 e. The number of benzene rings is 4. The van der Waals surface area contributed by atoms with Crippen molar-refractivity contribution in [2.24, 2.45) is 10.8 Å². The molecule has 0 saturated carbocycles. The fourth-order valence-electron chi connectivity index (χ4n) is 8.29. The predicted octanol–water partition coefficient (Wildman–Crippen LogP) is 11.5. The molecule has 1 unspecified atom stereocenters. The van der Waals surface area contributed by atoms with Crippen LogP contribution in [0.15, 0.2) is 121 Å². The molecule has 2 saturated heterocycles. The van der Waals surface area contributed by atoms with Gasteiger partial charge >= 0.3 is 0 Å². The van der Waals surface area contributed by atoms with Crippen LogP contribution < -0.4 is 0 Å². The van der Waals surface area contributed by atoms with Gasteiger partial charge in [0.15, 0.2) is 10.1 Å². The molecular formula is C55H68N2O6S2. The van der Waals surface area contributed by atoms with Gasteiger partial charge in [0.1, 0.15) is 12.1 Å². The highest BCUT2D eigenvalue weighted by atomic mass is 32.1. The van der Waals surface area contributed by atoms with Crippen molar-refractivity contribution in [3.8, 4) is 0 Å². The highest BCUT2D eigenvalue weighted by molar-refractivity contribution is 7.80. The van der Waals surface area contributed by atoms with E-state index in [0.29, 0.717) is 49.2 Å². The van der Waals surface area contributed by atoms with E-state index < -0.39 is 22.6 Å². The van der Waals surface area contributed by atoms with Gasteiger partial charge in [0, 0.05) is 35.8 Å². The van der Waals surface area contributed by atoms with E-state index in [0.717, 1.165) is 56.1 Å². The second-order valence-electron chi connectivity index (χ2n) is 18.5. The van der Waals surface area contributed by atoms with Crippen molar-refractivity contribution >= 4 is 57.9 Å². The summed E-state index contributed by atoms with van der Waals surface area (Å²) >= 11 is 11.3. The standard InChI is InChI=1S/C28H35NO3S.C27H33NO3S/c1-4-28(2,3)25(30)26(31)29-19-12-11-17-24(29)27(33)32-20-18-23(21-13-7-5-8-14-21)22-15-9-6-10-16-22;1-4-27(2,3)24(29)25(30)28-18-12-11-17-23(28)26(32)31-19-22(20-13-7-5-8-14-20)21-15-9-6-10-16-21/h5-10,13-16,23-24H,4,11-12,17-20H2,1-3H3;5-10,13-16,22-23H,4,11-12,17-19H2,1-3H3/t;23-/m.0/s1. The lowest BCUT2D eigenvalue weighted by molar-refractivity contribution is -0.150. The lowest BCUT2D eigenvalue weighted by atomic mass is 9.84. The van der Waals surface area contributed by atoms with Gasteiger partial charge in [0.05, 0.1) is 13.2 Å². The van der Waals surface area contributed by atoms with E-state index in [1.807, 2.05) is 90.1 Å². The average Bonchev–Trinajstić information content (AvgIpc) is 3.35. The van der Waals surface area contributed by atoms with E-state index in [1.54, 1.807) is 9.80 Å². The Labute approximate surface area is 398 Å². The van der Waals surface area contributed by atoms with Crippen LogP contribution in [0.3, 0.4) is 0 Å².